The normalized spacial score (nSPS) is 14.5. The van der Waals surface area contributed by atoms with Gasteiger partial charge in [-0.25, -0.2) is 4.39 Å². The van der Waals surface area contributed by atoms with Crippen LogP contribution < -0.4 is 15.8 Å². The van der Waals surface area contributed by atoms with E-state index in [1.54, 1.807) is 18.2 Å². The van der Waals surface area contributed by atoms with E-state index in [1.807, 2.05) is 36.1 Å². The van der Waals surface area contributed by atoms with E-state index in [0.29, 0.717) is 37.4 Å². The van der Waals surface area contributed by atoms with Crippen molar-refractivity contribution in [2.75, 3.05) is 23.3 Å². The first-order valence-electron chi connectivity index (χ1n) is 9.99. The zero-order chi connectivity index (χ0) is 21.1. The predicted octanol–water partition coefficient (Wildman–Crippen LogP) is 3.54. The number of carbonyl (C=O) groups excluding carboxylic acids is 1. The van der Waals surface area contributed by atoms with Crippen molar-refractivity contribution < 1.29 is 9.18 Å². The fourth-order valence-corrected chi connectivity index (χ4v) is 3.68. The van der Waals surface area contributed by atoms with Gasteiger partial charge in [-0.05, 0) is 55.7 Å². The van der Waals surface area contributed by atoms with Crippen LogP contribution in [0.5, 0.6) is 0 Å². The van der Waals surface area contributed by atoms with E-state index in [9.17, 15) is 14.0 Å². The van der Waals surface area contributed by atoms with Crippen LogP contribution in [-0.2, 0) is 4.79 Å². The van der Waals surface area contributed by atoms with E-state index in [1.165, 1.54) is 22.9 Å². The third kappa shape index (κ3) is 4.25. The molecule has 6 nitrogen and oxygen atoms in total. The lowest BCUT2D eigenvalue weighted by atomic mass is 9.95. The number of amides is 1. The van der Waals surface area contributed by atoms with Gasteiger partial charge in [0.1, 0.15) is 11.6 Å². The molecule has 154 valence electrons. The van der Waals surface area contributed by atoms with Crippen LogP contribution >= 0.6 is 0 Å². The lowest BCUT2D eigenvalue weighted by Crippen LogP contribution is -2.39. The van der Waals surface area contributed by atoms with Crippen LogP contribution in [0, 0.1) is 18.7 Å². The van der Waals surface area contributed by atoms with Crippen molar-refractivity contribution in [2.45, 2.75) is 19.8 Å². The van der Waals surface area contributed by atoms with Gasteiger partial charge in [0.2, 0.25) is 5.91 Å². The summed E-state index contributed by atoms with van der Waals surface area (Å²) < 4.78 is 14.8. The van der Waals surface area contributed by atoms with Gasteiger partial charge in [-0.2, -0.15) is 4.68 Å². The van der Waals surface area contributed by atoms with Crippen molar-refractivity contribution >= 4 is 17.4 Å². The second-order valence-electron chi connectivity index (χ2n) is 7.49. The molecule has 1 saturated heterocycles. The lowest BCUT2D eigenvalue weighted by molar-refractivity contribution is -0.120. The maximum atomic E-state index is 13.5. The number of rotatable bonds is 4. The highest BCUT2D eigenvalue weighted by molar-refractivity contribution is 5.93. The van der Waals surface area contributed by atoms with Crippen molar-refractivity contribution in [3.05, 3.63) is 82.4 Å². The molecule has 1 aromatic heterocycles. The van der Waals surface area contributed by atoms with Gasteiger partial charge < -0.3 is 10.2 Å². The van der Waals surface area contributed by atoms with Gasteiger partial charge in [0.25, 0.3) is 5.56 Å². The molecule has 4 rings (SSSR count). The van der Waals surface area contributed by atoms with E-state index in [4.69, 9.17) is 0 Å². The Kier molecular flexibility index (Phi) is 5.61. The molecule has 0 radical (unpaired) electrons. The Morgan fingerprint density at radius 3 is 2.57 bits per heavy atom. The zero-order valence-corrected chi connectivity index (χ0v) is 16.7. The molecule has 3 aromatic rings. The number of aromatic nitrogens is 2. The second kappa shape index (κ2) is 8.49. The quantitative estimate of drug-likeness (QED) is 0.720. The number of hydrogen-bond acceptors (Lipinski definition) is 4. The summed E-state index contributed by atoms with van der Waals surface area (Å²) in [6.45, 7) is 3.28. The van der Waals surface area contributed by atoms with Crippen molar-refractivity contribution in [1.29, 1.82) is 0 Å². The maximum absolute atomic E-state index is 13.5. The summed E-state index contributed by atoms with van der Waals surface area (Å²) in [5.74, 6) is 0.167. The summed E-state index contributed by atoms with van der Waals surface area (Å²) >= 11 is 0. The van der Waals surface area contributed by atoms with Gasteiger partial charge in [0, 0.05) is 30.8 Å². The molecule has 1 amide bonds. The molecule has 1 N–H and O–H groups in total. The van der Waals surface area contributed by atoms with Crippen LogP contribution in [0.25, 0.3) is 5.69 Å². The molecule has 0 spiro atoms. The Labute approximate surface area is 174 Å². The SMILES string of the molecule is Cc1ccccc1NC(=O)C1CCN(c2ccc(=O)n(-c3cccc(F)c3)n2)CC1. The van der Waals surface area contributed by atoms with Gasteiger partial charge >= 0.3 is 0 Å². The van der Waals surface area contributed by atoms with Crippen LogP contribution in [-0.4, -0.2) is 28.8 Å². The summed E-state index contributed by atoms with van der Waals surface area (Å²) in [6.07, 6.45) is 1.39. The van der Waals surface area contributed by atoms with Gasteiger partial charge in [0.15, 0.2) is 0 Å². The van der Waals surface area contributed by atoms with Crippen LogP contribution in [0.4, 0.5) is 15.9 Å². The van der Waals surface area contributed by atoms with Crippen molar-refractivity contribution in [3.8, 4) is 5.69 Å². The average molecular weight is 406 g/mol. The molecule has 0 atom stereocenters. The smallest absolute Gasteiger partial charge is 0.271 e. The highest BCUT2D eigenvalue weighted by Crippen LogP contribution is 2.24. The van der Waals surface area contributed by atoms with Gasteiger partial charge in [-0.1, -0.05) is 24.3 Å². The highest BCUT2D eigenvalue weighted by Gasteiger charge is 2.26. The van der Waals surface area contributed by atoms with Crippen LogP contribution in [0.1, 0.15) is 18.4 Å². The topological polar surface area (TPSA) is 67.2 Å². The molecule has 1 fully saturated rings. The third-order valence-electron chi connectivity index (χ3n) is 5.43. The van der Waals surface area contributed by atoms with Crippen molar-refractivity contribution in [2.24, 2.45) is 5.92 Å². The minimum absolute atomic E-state index is 0.0293. The highest BCUT2D eigenvalue weighted by atomic mass is 19.1. The number of carbonyl (C=O) groups is 1. The molecule has 0 bridgehead atoms. The number of hydrogen-bond donors (Lipinski definition) is 1. The van der Waals surface area contributed by atoms with E-state index >= 15 is 0 Å². The average Bonchev–Trinajstić information content (AvgIpc) is 2.76. The van der Waals surface area contributed by atoms with E-state index in [2.05, 4.69) is 10.4 Å². The first kappa shape index (κ1) is 19.8. The number of halogens is 1. The maximum Gasteiger partial charge on any atom is 0.271 e. The Hall–Kier alpha value is -3.48. The summed E-state index contributed by atoms with van der Waals surface area (Å²) in [5, 5.41) is 7.44. The van der Waals surface area contributed by atoms with Gasteiger partial charge in [-0.3, -0.25) is 9.59 Å². The van der Waals surface area contributed by atoms with Crippen molar-refractivity contribution in [3.63, 3.8) is 0 Å². The lowest BCUT2D eigenvalue weighted by Gasteiger charge is -2.32. The molecule has 0 unspecified atom stereocenters. The molecule has 1 aliphatic rings. The number of nitrogens with zero attached hydrogens (tertiary/aromatic N) is 3. The number of anilines is 2. The van der Waals surface area contributed by atoms with Crippen molar-refractivity contribution in [1.82, 2.24) is 9.78 Å². The number of benzene rings is 2. The Balaban J connectivity index is 1.44. The summed E-state index contributed by atoms with van der Waals surface area (Å²) in [5.41, 5.74) is 1.94. The molecule has 1 aliphatic heterocycles. The second-order valence-corrected chi connectivity index (χ2v) is 7.49. The van der Waals surface area contributed by atoms with Gasteiger partial charge in [-0.15, -0.1) is 5.10 Å². The monoisotopic (exact) mass is 406 g/mol. The minimum atomic E-state index is -0.424. The molecule has 2 aromatic carbocycles. The minimum Gasteiger partial charge on any atom is -0.355 e. The first-order valence-corrected chi connectivity index (χ1v) is 9.99. The van der Waals surface area contributed by atoms with Crippen LogP contribution in [0.3, 0.4) is 0 Å². The molecular formula is C23H23FN4O2. The van der Waals surface area contributed by atoms with E-state index in [-0.39, 0.29) is 17.4 Å². The largest absolute Gasteiger partial charge is 0.355 e. The standard InChI is InChI=1S/C23H23FN4O2/c1-16-5-2-3-8-20(16)25-23(30)17-11-13-27(14-12-17)21-9-10-22(29)28(26-21)19-7-4-6-18(24)15-19/h2-10,15,17H,11-14H2,1H3,(H,25,30). The number of nitrogens with one attached hydrogen (secondary N) is 1. The Bertz CT molecular complexity index is 1120. The number of piperidine rings is 1. The molecule has 2 heterocycles. The zero-order valence-electron chi connectivity index (χ0n) is 16.7. The Morgan fingerprint density at radius 1 is 1.07 bits per heavy atom. The number of para-hydroxylation sites is 1. The van der Waals surface area contributed by atoms with E-state index < -0.39 is 5.82 Å². The van der Waals surface area contributed by atoms with E-state index in [0.717, 1.165) is 11.3 Å². The molecule has 30 heavy (non-hydrogen) atoms. The number of aryl methyl sites for hydroxylation is 1. The van der Waals surface area contributed by atoms with Crippen LogP contribution in [0.2, 0.25) is 0 Å². The van der Waals surface area contributed by atoms with Gasteiger partial charge in [0.05, 0.1) is 5.69 Å². The molecule has 7 heteroatoms. The fraction of sp³-hybridized carbons (Fsp3) is 0.261. The predicted molar refractivity (Wildman–Crippen MR) is 115 cm³/mol. The molecular weight excluding hydrogens is 383 g/mol. The Morgan fingerprint density at radius 2 is 1.83 bits per heavy atom. The molecule has 0 saturated carbocycles. The summed E-state index contributed by atoms with van der Waals surface area (Å²) in [7, 11) is 0. The van der Waals surface area contributed by atoms with Crippen LogP contribution in [0.15, 0.2) is 65.5 Å². The fourth-order valence-electron chi connectivity index (χ4n) is 3.68. The molecule has 0 aliphatic carbocycles. The summed E-state index contributed by atoms with van der Waals surface area (Å²) in [4.78, 5) is 26.9. The summed E-state index contributed by atoms with van der Waals surface area (Å²) in [6, 6.07) is 16.6. The third-order valence-corrected chi connectivity index (χ3v) is 5.43. The first-order chi connectivity index (χ1) is 14.5.